The van der Waals surface area contributed by atoms with E-state index < -0.39 is 5.97 Å². The Labute approximate surface area is 211 Å². The fraction of sp³-hybridized carbons (Fsp3) is 0.233. The Hall–Kier alpha value is -4.03. The van der Waals surface area contributed by atoms with Crippen LogP contribution in [0.3, 0.4) is 0 Å². The van der Waals surface area contributed by atoms with Gasteiger partial charge in [0, 0.05) is 18.3 Å². The lowest BCUT2D eigenvalue weighted by Gasteiger charge is -2.37. The third-order valence-corrected chi connectivity index (χ3v) is 6.51. The van der Waals surface area contributed by atoms with Gasteiger partial charge >= 0.3 is 5.97 Å². The smallest absolute Gasteiger partial charge is 0.343 e. The summed E-state index contributed by atoms with van der Waals surface area (Å²) in [4.78, 5) is 13.6. The summed E-state index contributed by atoms with van der Waals surface area (Å²) in [7, 11) is 1.35. The second-order valence-corrected chi connectivity index (χ2v) is 8.88. The van der Waals surface area contributed by atoms with Crippen LogP contribution in [0, 0.1) is 0 Å². The van der Waals surface area contributed by atoms with Crippen molar-refractivity contribution >= 4 is 28.1 Å². The van der Waals surface area contributed by atoms with Crippen molar-refractivity contribution in [2.45, 2.75) is 19.1 Å². The molecule has 0 bridgehead atoms. The van der Waals surface area contributed by atoms with Gasteiger partial charge in [-0.1, -0.05) is 54.6 Å². The molecule has 1 heterocycles. The van der Waals surface area contributed by atoms with Gasteiger partial charge in [0.25, 0.3) is 0 Å². The number of ether oxygens (including phenoxy) is 3. The van der Waals surface area contributed by atoms with Gasteiger partial charge in [0.05, 0.1) is 19.3 Å². The minimum absolute atomic E-state index is 0.0347. The Morgan fingerprint density at radius 2 is 1.75 bits per heavy atom. The standard InChI is InChI=1S/C30H30N2O4/c1-21(26-11-7-9-22-8-3-4-10-27(22)26)31-18-25-19-32(28-12-5-6-13-29(28)36-25)23-14-16-24(17-15-23)35-20-30(33)34-2/h3-17,21,25,31H,18-20H2,1-2H3/t21-,25?/m1/s1. The van der Waals surface area contributed by atoms with Crippen LogP contribution in [0.4, 0.5) is 11.4 Å². The molecule has 36 heavy (non-hydrogen) atoms. The van der Waals surface area contributed by atoms with Crippen molar-refractivity contribution in [1.29, 1.82) is 0 Å². The first-order valence-corrected chi connectivity index (χ1v) is 12.2. The molecule has 0 aliphatic carbocycles. The number of carbonyl (C=O) groups excluding carboxylic acids is 1. The Bertz CT molecular complexity index is 1330. The lowest BCUT2D eigenvalue weighted by Crippen LogP contribution is -2.44. The molecule has 0 spiro atoms. The first-order chi connectivity index (χ1) is 17.6. The van der Waals surface area contributed by atoms with Gasteiger partial charge < -0.3 is 24.4 Å². The summed E-state index contributed by atoms with van der Waals surface area (Å²) in [6, 6.07) is 30.9. The molecule has 1 N–H and O–H groups in total. The predicted molar refractivity (Wildman–Crippen MR) is 142 cm³/mol. The first-order valence-electron chi connectivity index (χ1n) is 12.2. The molecular weight excluding hydrogens is 452 g/mol. The minimum Gasteiger partial charge on any atom is -0.485 e. The maximum Gasteiger partial charge on any atom is 0.343 e. The molecule has 0 fully saturated rings. The number of nitrogens with zero attached hydrogens (tertiary/aromatic N) is 1. The average Bonchev–Trinajstić information content (AvgIpc) is 2.94. The molecular formula is C30H30N2O4. The molecule has 6 nitrogen and oxygen atoms in total. The SMILES string of the molecule is COC(=O)COc1ccc(N2CC(CN[C@H](C)c3cccc4ccccc34)Oc3ccccc32)cc1. The topological polar surface area (TPSA) is 60.0 Å². The average molecular weight is 483 g/mol. The van der Waals surface area contributed by atoms with E-state index in [1.54, 1.807) is 0 Å². The van der Waals surface area contributed by atoms with Crippen LogP contribution in [0.2, 0.25) is 0 Å². The lowest BCUT2D eigenvalue weighted by atomic mass is 9.99. The zero-order chi connectivity index (χ0) is 24.9. The van der Waals surface area contributed by atoms with Gasteiger partial charge in [-0.15, -0.1) is 0 Å². The number of hydrogen-bond acceptors (Lipinski definition) is 6. The van der Waals surface area contributed by atoms with Crippen molar-refractivity contribution in [3.63, 3.8) is 0 Å². The van der Waals surface area contributed by atoms with Crippen molar-refractivity contribution in [2.24, 2.45) is 0 Å². The fourth-order valence-electron chi connectivity index (χ4n) is 4.62. The van der Waals surface area contributed by atoms with Crippen LogP contribution in [0.15, 0.2) is 91.0 Å². The van der Waals surface area contributed by atoms with Gasteiger partial charge in [-0.05, 0) is 59.7 Å². The molecule has 1 aliphatic rings. The van der Waals surface area contributed by atoms with E-state index in [0.717, 1.165) is 17.1 Å². The van der Waals surface area contributed by atoms with Crippen LogP contribution >= 0.6 is 0 Å². The second-order valence-electron chi connectivity index (χ2n) is 8.88. The van der Waals surface area contributed by atoms with Gasteiger partial charge in [-0.3, -0.25) is 0 Å². The Balaban J connectivity index is 1.30. The maximum absolute atomic E-state index is 11.4. The number of fused-ring (bicyclic) bond motifs is 2. The molecule has 0 saturated carbocycles. The number of nitrogens with one attached hydrogen (secondary N) is 1. The third-order valence-electron chi connectivity index (χ3n) is 6.51. The van der Waals surface area contributed by atoms with Crippen LogP contribution in [0.1, 0.15) is 18.5 Å². The minimum atomic E-state index is -0.408. The van der Waals surface area contributed by atoms with Crippen LogP contribution in [0.25, 0.3) is 10.8 Å². The van der Waals surface area contributed by atoms with Crippen LogP contribution in [-0.2, 0) is 9.53 Å². The van der Waals surface area contributed by atoms with E-state index in [0.29, 0.717) is 18.8 Å². The van der Waals surface area contributed by atoms with Gasteiger partial charge in [-0.25, -0.2) is 4.79 Å². The quantitative estimate of drug-likeness (QED) is 0.328. The number of hydrogen-bond donors (Lipinski definition) is 1. The molecule has 5 rings (SSSR count). The summed E-state index contributed by atoms with van der Waals surface area (Å²) in [5.41, 5.74) is 3.34. The van der Waals surface area contributed by atoms with Gasteiger partial charge in [-0.2, -0.15) is 0 Å². The van der Waals surface area contributed by atoms with Crippen LogP contribution in [0.5, 0.6) is 11.5 Å². The number of esters is 1. The summed E-state index contributed by atoms with van der Waals surface area (Å²) in [6.45, 7) is 3.49. The highest BCUT2D eigenvalue weighted by atomic mass is 16.6. The molecule has 4 aromatic carbocycles. The number of rotatable bonds is 8. The molecule has 1 unspecified atom stereocenters. The van der Waals surface area contributed by atoms with E-state index in [-0.39, 0.29) is 18.8 Å². The Kier molecular flexibility index (Phi) is 7.05. The highest BCUT2D eigenvalue weighted by Gasteiger charge is 2.27. The molecule has 0 radical (unpaired) electrons. The van der Waals surface area contributed by atoms with Crippen molar-refractivity contribution in [2.75, 3.05) is 31.7 Å². The summed E-state index contributed by atoms with van der Waals surface area (Å²) < 4.78 is 16.5. The highest BCUT2D eigenvalue weighted by molar-refractivity contribution is 5.86. The molecule has 0 amide bonds. The van der Waals surface area contributed by atoms with Crippen molar-refractivity contribution in [3.8, 4) is 11.5 Å². The van der Waals surface area contributed by atoms with Gasteiger partial charge in [0.1, 0.15) is 17.6 Å². The van der Waals surface area contributed by atoms with Gasteiger partial charge in [0.15, 0.2) is 6.61 Å². The van der Waals surface area contributed by atoms with E-state index in [1.165, 1.54) is 23.4 Å². The summed E-state index contributed by atoms with van der Waals surface area (Å²) in [5, 5.41) is 6.21. The molecule has 4 aromatic rings. The molecule has 0 aromatic heterocycles. The lowest BCUT2D eigenvalue weighted by molar-refractivity contribution is -0.142. The highest BCUT2D eigenvalue weighted by Crippen LogP contribution is 2.38. The molecule has 1 aliphatic heterocycles. The maximum atomic E-state index is 11.4. The summed E-state index contributed by atoms with van der Waals surface area (Å²) >= 11 is 0. The molecule has 2 atom stereocenters. The molecule has 0 saturated heterocycles. The van der Waals surface area contributed by atoms with Crippen molar-refractivity contribution < 1.29 is 19.0 Å². The zero-order valence-electron chi connectivity index (χ0n) is 20.5. The largest absolute Gasteiger partial charge is 0.485 e. The molecule has 184 valence electrons. The van der Waals surface area contributed by atoms with E-state index in [9.17, 15) is 4.79 Å². The monoisotopic (exact) mass is 482 g/mol. The van der Waals surface area contributed by atoms with Gasteiger partial charge in [0.2, 0.25) is 0 Å². The number of para-hydroxylation sites is 2. The number of carbonyl (C=O) groups is 1. The zero-order valence-corrected chi connectivity index (χ0v) is 20.5. The second kappa shape index (κ2) is 10.7. The Morgan fingerprint density at radius 3 is 2.58 bits per heavy atom. The first kappa shape index (κ1) is 23.7. The number of benzene rings is 4. The fourth-order valence-corrected chi connectivity index (χ4v) is 4.62. The van der Waals surface area contributed by atoms with E-state index in [2.05, 4.69) is 70.4 Å². The van der Waals surface area contributed by atoms with E-state index in [4.69, 9.17) is 9.47 Å². The van der Waals surface area contributed by atoms with Crippen molar-refractivity contribution in [3.05, 3.63) is 96.6 Å². The Morgan fingerprint density at radius 1 is 1.00 bits per heavy atom. The van der Waals surface area contributed by atoms with E-state index >= 15 is 0 Å². The normalized spacial score (nSPS) is 15.6. The summed E-state index contributed by atoms with van der Waals surface area (Å²) in [5.74, 6) is 1.07. The number of anilines is 2. The van der Waals surface area contributed by atoms with Crippen LogP contribution in [-0.4, -0.2) is 38.9 Å². The third kappa shape index (κ3) is 5.14. The summed E-state index contributed by atoms with van der Waals surface area (Å²) in [6.07, 6.45) is -0.0347. The van der Waals surface area contributed by atoms with Crippen molar-refractivity contribution in [1.82, 2.24) is 5.32 Å². The predicted octanol–water partition coefficient (Wildman–Crippen LogP) is 5.64. The molecule has 6 heteroatoms. The van der Waals surface area contributed by atoms with Crippen LogP contribution < -0.4 is 19.7 Å². The van der Waals surface area contributed by atoms with E-state index in [1.807, 2.05) is 42.5 Å². The number of methoxy groups -OCH3 is 1.